The molecule has 4 nitrogen and oxygen atoms in total. The van der Waals surface area contributed by atoms with Gasteiger partial charge in [-0.1, -0.05) is 24.3 Å². The summed E-state index contributed by atoms with van der Waals surface area (Å²) >= 11 is 0. The molecule has 1 aromatic heterocycles. The Morgan fingerprint density at radius 3 is 2.26 bits per heavy atom. The van der Waals surface area contributed by atoms with E-state index >= 15 is 0 Å². The number of hydrogen-bond donors (Lipinski definition) is 2. The van der Waals surface area contributed by atoms with Gasteiger partial charge in [-0.15, -0.1) is 0 Å². The largest absolute Gasteiger partial charge is 0.405 e. The summed E-state index contributed by atoms with van der Waals surface area (Å²) in [6, 6.07) is 17.8. The first-order valence-corrected chi connectivity index (χ1v) is 10.4. The maximum absolute atomic E-state index is 13.2. The lowest BCUT2D eigenvalue weighted by atomic mass is 9.84. The normalized spacial score (nSPS) is 13.5. The molecule has 0 aliphatic carbocycles. The molecule has 0 saturated heterocycles. The number of halogens is 4. The van der Waals surface area contributed by atoms with Crippen LogP contribution in [-0.2, 0) is 5.60 Å². The van der Waals surface area contributed by atoms with Crippen molar-refractivity contribution in [3.8, 4) is 5.69 Å². The van der Waals surface area contributed by atoms with E-state index in [0.29, 0.717) is 0 Å². The number of hydrogen-bond acceptors (Lipinski definition) is 3. The van der Waals surface area contributed by atoms with E-state index in [1.54, 1.807) is 29.9 Å². The van der Waals surface area contributed by atoms with Gasteiger partial charge in [-0.2, -0.15) is 18.3 Å². The highest BCUT2D eigenvalue weighted by atomic mass is 19.4. The number of fused-ring (bicyclic) bond motifs is 1. The highest BCUT2D eigenvalue weighted by Gasteiger charge is 2.28. The van der Waals surface area contributed by atoms with Crippen LogP contribution in [0.2, 0.25) is 0 Å². The van der Waals surface area contributed by atoms with Crippen molar-refractivity contribution in [1.82, 2.24) is 9.78 Å². The summed E-state index contributed by atoms with van der Waals surface area (Å²) in [7, 11) is 0. The van der Waals surface area contributed by atoms with Gasteiger partial charge in [0.15, 0.2) is 0 Å². The highest BCUT2D eigenvalue weighted by Crippen LogP contribution is 2.34. The maximum atomic E-state index is 13.2. The Morgan fingerprint density at radius 2 is 1.65 bits per heavy atom. The number of nitrogens with zero attached hydrogens (tertiary/aromatic N) is 2. The molecule has 1 unspecified atom stereocenters. The molecule has 0 aliphatic rings. The summed E-state index contributed by atoms with van der Waals surface area (Å²) in [5, 5.41) is 16.7. The molecule has 0 amide bonds. The molecule has 4 aromatic rings. The second-order valence-corrected chi connectivity index (χ2v) is 8.04. The molecule has 0 radical (unpaired) electrons. The molecule has 3 aromatic carbocycles. The number of aromatic nitrogens is 2. The number of benzene rings is 3. The highest BCUT2D eigenvalue weighted by molar-refractivity contribution is 5.81. The molecular weight excluding hydrogens is 446 g/mol. The van der Waals surface area contributed by atoms with Gasteiger partial charge in [0.05, 0.1) is 17.4 Å². The third-order valence-corrected chi connectivity index (χ3v) is 5.38. The summed E-state index contributed by atoms with van der Waals surface area (Å²) in [4.78, 5) is 0. The number of nitrogens with two attached hydrogens (primary N) is 1. The van der Waals surface area contributed by atoms with E-state index in [0.717, 1.165) is 38.8 Å². The van der Waals surface area contributed by atoms with Gasteiger partial charge in [0.2, 0.25) is 0 Å². The average Bonchev–Trinajstić information content (AvgIpc) is 3.18. The van der Waals surface area contributed by atoms with Crippen molar-refractivity contribution in [3.63, 3.8) is 0 Å². The van der Waals surface area contributed by atoms with Gasteiger partial charge in [0.25, 0.3) is 0 Å². The molecule has 0 bridgehead atoms. The molecule has 8 heteroatoms. The van der Waals surface area contributed by atoms with E-state index in [-0.39, 0.29) is 12.7 Å². The minimum atomic E-state index is -4.00. The summed E-state index contributed by atoms with van der Waals surface area (Å²) in [6.07, 6.45) is 1.07. The van der Waals surface area contributed by atoms with Crippen molar-refractivity contribution < 1.29 is 22.7 Å². The molecular formula is C26H25F4N3O. The van der Waals surface area contributed by atoms with Crippen LogP contribution in [0.5, 0.6) is 0 Å². The van der Waals surface area contributed by atoms with Gasteiger partial charge in [0, 0.05) is 12.3 Å². The number of alkyl halides is 3. The monoisotopic (exact) mass is 471 g/mol. The predicted octanol–water partition coefficient (Wildman–Crippen LogP) is 6.23. The summed E-state index contributed by atoms with van der Waals surface area (Å²) < 4.78 is 46.0. The van der Waals surface area contributed by atoms with Gasteiger partial charge in [-0.3, -0.25) is 0 Å². The molecule has 0 saturated carbocycles. The molecule has 4 rings (SSSR count). The predicted molar refractivity (Wildman–Crippen MR) is 126 cm³/mol. The Balaban J connectivity index is 0.000000588. The quantitative estimate of drug-likeness (QED) is 0.347. The third kappa shape index (κ3) is 5.63. The van der Waals surface area contributed by atoms with E-state index in [2.05, 4.69) is 5.10 Å². The molecule has 178 valence electrons. The Kier molecular flexibility index (Phi) is 7.12. The second-order valence-electron chi connectivity index (χ2n) is 8.04. The van der Waals surface area contributed by atoms with E-state index in [4.69, 9.17) is 5.73 Å². The molecule has 0 aliphatic heterocycles. The second kappa shape index (κ2) is 9.69. The fourth-order valence-corrected chi connectivity index (χ4v) is 3.74. The fourth-order valence-electron chi connectivity index (χ4n) is 3.74. The van der Waals surface area contributed by atoms with E-state index in [1.165, 1.54) is 18.3 Å². The number of rotatable bonds is 4. The zero-order valence-electron chi connectivity index (χ0n) is 18.9. The number of aliphatic hydroxyl groups is 1. The zero-order chi connectivity index (χ0) is 25.1. The molecule has 0 fully saturated rings. The Morgan fingerprint density at radius 1 is 1.00 bits per heavy atom. The van der Waals surface area contributed by atoms with Crippen LogP contribution in [0.1, 0.15) is 36.1 Å². The van der Waals surface area contributed by atoms with Gasteiger partial charge >= 0.3 is 6.18 Å². The first kappa shape index (κ1) is 25.0. The smallest absolute Gasteiger partial charge is 0.386 e. The molecule has 1 atom stereocenters. The lowest BCUT2D eigenvalue weighted by Gasteiger charge is -2.27. The molecule has 1 heterocycles. The first-order valence-electron chi connectivity index (χ1n) is 10.4. The Bertz CT molecular complexity index is 1300. The zero-order valence-corrected chi connectivity index (χ0v) is 18.9. The topological polar surface area (TPSA) is 64.1 Å². The average molecular weight is 471 g/mol. The van der Waals surface area contributed by atoms with Crippen molar-refractivity contribution in [3.05, 3.63) is 101 Å². The van der Waals surface area contributed by atoms with Gasteiger partial charge in [-0.05, 0) is 84.8 Å². The lowest BCUT2D eigenvalue weighted by Crippen LogP contribution is -2.24. The van der Waals surface area contributed by atoms with Crippen LogP contribution < -0.4 is 5.73 Å². The fraction of sp³-hybridized carbons (Fsp3) is 0.192. The lowest BCUT2D eigenvalue weighted by molar-refractivity contribution is -0.110. The summed E-state index contributed by atoms with van der Waals surface area (Å²) in [5.41, 5.74) is 9.54. The minimum absolute atomic E-state index is 0.188. The van der Waals surface area contributed by atoms with Crippen molar-refractivity contribution >= 4 is 17.0 Å². The SMILES string of the molecule is CC(F)(F)F.Cc1c(/C=C\N)cccc1C(C)(O)c1ccc2c(cnn2-c2ccc(F)cc2)c1. The van der Waals surface area contributed by atoms with Gasteiger partial charge < -0.3 is 10.8 Å². The van der Waals surface area contributed by atoms with Crippen LogP contribution in [0, 0.1) is 12.7 Å². The molecule has 0 spiro atoms. The van der Waals surface area contributed by atoms with Gasteiger partial charge in [-0.25, -0.2) is 9.07 Å². The summed E-state index contributed by atoms with van der Waals surface area (Å²) in [5.74, 6) is -0.286. The molecule has 34 heavy (non-hydrogen) atoms. The summed E-state index contributed by atoms with van der Waals surface area (Å²) in [6.45, 7) is 3.95. The Labute approximate surface area is 195 Å². The van der Waals surface area contributed by atoms with Gasteiger partial charge in [0.1, 0.15) is 11.4 Å². The van der Waals surface area contributed by atoms with Crippen LogP contribution in [0.25, 0.3) is 22.7 Å². The molecule has 3 N–H and O–H groups in total. The third-order valence-electron chi connectivity index (χ3n) is 5.38. The van der Waals surface area contributed by atoms with Crippen LogP contribution in [0.4, 0.5) is 17.6 Å². The van der Waals surface area contributed by atoms with Crippen molar-refractivity contribution in [2.75, 3.05) is 0 Å². The Hall–Kier alpha value is -3.65. The van der Waals surface area contributed by atoms with E-state index in [9.17, 15) is 22.7 Å². The minimum Gasteiger partial charge on any atom is -0.405 e. The van der Waals surface area contributed by atoms with Crippen molar-refractivity contribution in [2.45, 2.75) is 32.5 Å². The van der Waals surface area contributed by atoms with Crippen LogP contribution >= 0.6 is 0 Å². The standard InChI is InChI=1S/C24H22FN3O.C2H3F3/c1-16-17(12-13-26)4-3-5-22(16)24(2,29)19-6-11-23-18(14-19)15-27-28(23)21-9-7-20(25)8-10-21;1-2(3,4)5/h3-15,29H,26H2,1-2H3;1H3/b13-12-;. The van der Waals surface area contributed by atoms with Crippen LogP contribution in [0.3, 0.4) is 0 Å². The van der Waals surface area contributed by atoms with Crippen LogP contribution in [-0.4, -0.2) is 21.1 Å². The van der Waals surface area contributed by atoms with Crippen molar-refractivity contribution in [1.29, 1.82) is 0 Å². The van der Waals surface area contributed by atoms with E-state index < -0.39 is 11.8 Å². The van der Waals surface area contributed by atoms with E-state index in [1.807, 2.05) is 49.4 Å². The maximum Gasteiger partial charge on any atom is 0.386 e. The van der Waals surface area contributed by atoms with Crippen molar-refractivity contribution in [2.24, 2.45) is 5.73 Å². The first-order chi connectivity index (χ1) is 15.9. The van der Waals surface area contributed by atoms with Crippen LogP contribution in [0.15, 0.2) is 73.1 Å².